The van der Waals surface area contributed by atoms with Crippen LogP contribution >= 0.6 is 45.2 Å². The average molecular weight is 605 g/mol. The molecule has 1 N–H and O–H groups in total. The third-order valence-electron chi connectivity index (χ3n) is 4.48. The first-order valence-electron chi connectivity index (χ1n) is 9.25. The van der Waals surface area contributed by atoms with Gasteiger partial charge < -0.3 is 14.9 Å². The summed E-state index contributed by atoms with van der Waals surface area (Å²) in [7, 11) is 0. The number of aliphatic imine (C=N–C) groups is 1. The van der Waals surface area contributed by atoms with Gasteiger partial charge in [-0.15, -0.1) is 0 Å². The van der Waals surface area contributed by atoms with Crippen LogP contribution in [0, 0.1) is 21.0 Å². The van der Waals surface area contributed by atoms with Crippen molar-refractivity contribution in [3.05, 3.63) is 48.6 Å². The Bertz CT molecular complexity index is 863. The number of morpholine rings is 1. The van der Waals surface area contributed by atoms with Gasteiger partial charge in [0.15, 0.2) is 0 Å². The van der Waals surface area contributed by atoms with Crippen LogP contribution in [0.1, 0.15) is 25.0 Å². The van der Waals surface area contributed by atoms with E-state index in [9.17, 15) is 0 Å². The second-order valence-corrected chi connectivity index (χ2v) is 9.46. The molecule has 0 bridgehead atoms. The fourth-order valence-corrected chi connectivity index (χ4v) is 3.98. The van der Waals surface area contributed by atoms with E-state index in [1.807, 2.05) is 19.1 Å². The Morgan fingerprint density at radius 1 is 1.07 bits per heavy atom. The van der Waals surface area contributed by atoms with Gasteiger partial charge in [0.25, 0.3) is 0 Å². The van der Waals surface area contributed by atoms with Crippen molar-refractivity contribution in [2.75, 3.05) is 13.1 Å². The largest absolute Gasteiger partial charge is 0.457 e. The third-order valence-corrected chi connectivity index (χ3v) is 7.34. The maximum atomic E-state index is 6.11. The van der Waals surface area contributed by atoms with E-state index in [-0.39, 0.29) is 12.2 Å². The molecule has 7 heteroatoms. The Balaban J connectivity index is 1.68. The lowest BCUT2D eigenvalue weighted by atomic mass is 10.1. The number of halogens is 2. The zero-order valence-electron chi connectivity index (χ0n) is 16.5. The zero-order valence-corrected chi connectivity index (χ0v) is 20.8. The predicted molar refractivity (Wildman–Crippen MR) is 131 cm³/mol. The van der Waals surface area contributed by atoms with E-state index < -0.39 is 0 Å². The molecular weight excluding hydrogens is 580 g/mol. The van der Waals surface area contributed by atoms with Crippen LogP contribution in [0.3, 0.4) is 0 Å². The van der Waals surface area contributed by atoms with E-state index in [2.05, 4.69) is 99.6 Å². The van der Waals surface area contributed by atoms with E-state index in [1.54, 1.807) is 6.34 Å². The number of hydrazine groups is 1. The summed E-state index contributed by atoms with van der Waals surface area (Å²) in [5, 5.41) is 2.14. The van der Waals surface area contributed by atoms with Gasteiger partial charge in [0.2, 0.25) is 0 Å². The number of ether oxygens (including phenoxy) is 2. The van der Waals surface area contributed by atoms with Crippen LogP contribution in [0.5, 0.6) is 11.5 Å². The lowest BCUT2D eigenvalue weighted by molar-refractivity contribution is -0.0760. The Morgan fingerprint density at radius 2 is 1.79 bits per heavy atom. The molecule has 5 nitrogen and oxygen atoms in total. The van der Waals surface area contributed by atoms with E-state index in [0.29, 0.717) is 0 Å². The van der Waals surface area contributed by atoms with Gasteiger partial charge in [0.1, 0.15) is 17.8 Å². The summed E-state index contributed by atoms with van der Waals surface area (Å²) in [5.74, 6) is 1.71. The minimum Gasteiger partial charge on any atom is -0.457 e. The molecule has 150 valence electrons. The molecule has 1 aliphatic heterocycles. The third kappa shape index (κ3) is 5.80. The molecule has 2 unspecified atom stereocenters. The summed E-state index contributed by atoms with van der Waals surface area (Å²) >= 11 is 4.65. The number of hydrogen-bond donors (Lipinski definition) is 1. The number of nitrogens with one attached hydrogen (secondary N) is 1. The molecule has 2 atom stereocenters. The molecule has 1 saturated heterocycles. The highest BCUT2D eigenvalue weighted by Crippen LogP contribution is 2.32. The predicted octanol–water partition coefficient (Wildman–Crippen LogP) is 5.58. The van der Waals surface area contributed by atoms with Gasteiger partial charge in [-0.2, -0.15) is 0 Å². The van der Waals surface area contributed by atoms with E-state index in [1.165, 1.54) is 7.14 Å². The van der Waals surface area contributed by atoms with Gasteiger partial charge >= 0.3 is 0 Å². The Kier molecular flexibility index (Phi) is 7.57. The minimum atomic E-state index is 0.217. The molecule has 0 radical (unpaired) electrons. The molecule has 3 rings (SSSR count). The first-order valence-corrected chi connectivity index (χ1v) is 11.4. The molecular formula is C21H25I2N3O2. The van der Waals surface area contributed by atoms with Crippen LogP contribution in [0.4, 0.5) is 5.69 Å². The van der Waals surface area contributed by atoms with Crippen LogP contribution in [0.25, 0.3) is 0 Å². The van der Waals surface area contributed by atoms with E-state index in [4.69, 9.17) is 9.47 Å². The van der Waals surface area contributed by atoms with Crippen LogP contribution in [0.2, 0.25) is 0 Å². The molecule has 2 aromatic carbocycles. The van der Waals surface area contributed by atoms with E-state index >= 15 is 0 Å². The summed E-state index contributed by atoms with van der Waals surface area (Å²) in [5.41, 5.74) is 6.33. The molecule has 0 amide bonds. The van der Waals surface area contributed by atoms with Crippen LogP contribution in [-0.4, -0.2) is 36.6 Å². The fourth-order valence-electron chi connectivity index (χ4n) is 3.15. The lowest BCUT2D eigenvalue weighted by Crippen LogP contribution is -2.51. The van der Waals surface area contributed by atoms with E-state index in [0.717, 1.165) is 41.4 Å². The lowest BCUT2D eigenvalue weighted by Gasteiger charge is -2.34. The Labute approximate surface area is 194 Å². The molecule has 0 saturated carbocycles. The molecule has 0 aromatic heterocycles. The molecule has 0 aliphatic carbocycles. The number of hydrogen-bond acceptors (Lipinski definition) is 4. The van der Waals surface area contributed by atoms with Crippen LogP contribution in [-0.2, 0) is 4.74 Å². The zero-order chi connectivity index (χ0) is 20.3. The quantitative estimate of drug-likeness (QED) is 0.275. The molecule has 1 heterocycles. The molecule has 1 fully saturated rings. The van der Waals surface area contributed by atoms with Gasteiger partial charge in [0.05, 0.1) is 17.9 Å². The summed E-state index contributed by atoms with van der Waals surface area (Å²) in [6.07, 6.45) is 2.19. The van der Waals surface area contributed by atoms with Gasteiger partial charge in [0, 0.05) is 20.2 Å². The smallest absolute Gasteiger partial charge is 0.130 e. The highest BCUT2D eigenvalue weighted by atomic mass is 127. The van der Waals surface area contributed by atoms with Crippen LogP contribution < -0.4 is 10.2 Å². The van der Waals surface area contributed by atoms with Crippen molar-refractivity contribution < 1.29 is 9.47 Å². The van der Waals surface area contributed by atoms with Crippen molar-refractivity contribution in [1.82, 2.24) is 10.4 Å². The van der Waals surface area contributed by atoms with Crippen molar-refractivity contribution in [2.45, 2.75) is 39.9 Å². The number of rotatable bonds is 5. The summed E-state index contributed by atoms with van der Waals surface area (Å²) < 4.78 is 14.3. The Hall–Kier alpha value is -0.910. The van der Waals surface area contributed by atoms with Crippen molar-refractivity contribution in [3.8, 4) is 11.5 Å². The monoisotopic (exact) mass is 605 g/mol. The standard InChI is InChI=1S/C21H25I2N3O2/c1-13-8-21(28-17-5-6-18(22)19(23)9-17)14(2)7-20(13)24-12-25-26-10-15(3)27-16(4)11-26/h5-9,12,15-16H,10-11H2,1-4H3,(H,24,25). The number of nitrogens with zero attached hydrogens (tertiary/aromatic N) is 2. The van der Waals surface area contributed by atoms with Crippen molar-refractivity contribution in [1.29, 1.82) is 0 Å². The minimum absolute atomic E-state index is 0.217. The molecule has 1 aliphatic rings. The number of aryl methyl sites for hydroxylation is 2. The van der Waals surface area contributed by atoms with Gasteiger partial charge in [-0.1, -0.05) is 0 Å². The van der Waals surface area contributed by atoms with Crippen LogP contribution in [0.15, 0.2) is 35.3 Å². The first-order chi connectivity index (χ1) is 13.3. The normalized spacial score (nSPS) is 20.5. The van der Waals surface area contributed by atoms with Gasteiger partial charge in [-0.25, -0.2) is 10.0 Å². The molecule has 0 spiro atoms. The average Bonchev–Trinajstić information content (AvgIpc) is 2.61. The molecule has 2 aromatic rings. The van der Waals surface area contributed by atoms with Crippen molar-refractivity contribution >= 4 is 57.2 Å². The first kappa shape index (κ1) is 21.8. The second kappa shape index (κ2) is 9.73. The SMILES string of the molecule is Cc1cc(Oc2ccc(I)c(I)c2)c(C)cc1N=CNN1CC(C)OC(C)C1. The van der Waals surface area contributed by atoms with Gasteiger partial charge in [-0.3, -0.25) is 0 Å². The Morgan fingerprint density at radius 3 is 2.46 bits per heavy atom. The highest BCUT2D eigenvalue weighted by molar-refractivity contribution is 14.1. The summed E-state index contributed by atoms with van der Waals surface area (Å²) in [6.45, 7) is 9.95. The van der Waals surface area contributed by atoms with Crippen molar-refractivity contribution in [3.63, 3.8) is 0 Å². The summed E-state index contributed by atoms with van der Waals surface area (Å²) in [6, 6.07) is 10.2. The molecule has 28 heavy (non-hydrogen) atoms. The topological polar surface area (TPSA) is 46.1 Å². The fraction of sp³-hybridized carbons (Fsp3) is 0.381. The number of benzene rings is 2. The van der Waals surface area contributed by atoms with Crippen molar-refractivity contribution in [2.24, 2.45) is 4.99 Å². The second-order valence-electron chi connectivity index (χ2n) is 7.13. The van der Waals surface area contributed by atoms with Gasteiger partial charge in [-0.05, 0) is 114 Å². The maximum absolute atomic E-state index is 6.11. The highest BCUT2D eigenvalue weighted by Gasteiger charge is 2.21. The summed E-state index contributed by atoms with van der Waals surface area (Å²) in [4.78, 5) is 4.61. The maximum Gasteiger partial charge on any atom is 0.130 e.